The Labute approximate surface area is 182 Å². The van der Waals surface area contributed by atoms with E-state index in [1.54, 1.807) is 6.08 Å². The van der Waals surface area contributed by atoms with Gasteiger partial charge in [0.15, 0.2) is 0 Å². The highest BCUT2D eigenvalue weighted by molar-refractivity contribution is 5.79. The maximum Gasteiger partial charge on any atom is 0.407 e. The number of nitrogens with one attached hydrogen (secondary N) is 1. The minimum atomic E-state index is -0.417. The number of benzene rings is 3. The van der Waals surface area contributed by atoms with Gasteiger partial charge in [0.2, 0.25) is 0 Å². The van der Waals surface area contributed by atoms with Gasteiger partial charge in [-0.1, -0.05) is 85.5 Å². The zero-order valence-corrected chi connectivity index (χ0v) is 17.3. The Kier molecular flexibility index (Phi) is 6.48. The van der Waals surface area contributed by atoms with Gasteiger partial charge in [0.05, 0.1) is 0 Å². The summed E-state index contributed by atoms with van der Waals surface area (Å²) in [5, 5.41) is 2.78. The molecule has 31 heavy (non-hydrogen) atoms. The summed E-state index contributed by atoms with van der Waals surface area (Å²) >= 11 is 0. The average molecular weight is 412 g/mol. The number of carbonyl (C=O) groups excluding carboxylic acids is 1. The van der Waals surface area contributed by atoms with Gasteiger partial charge in [-0.3, -0.25) is 0 Å². The summed E-state index contributed by atoms with van der Waals surface area (Å²) in [6.45, 7) is 4.83. The first-order valence-electron chi connectivity index (χ1n) is 10.4. The lowest BCUT2D eigenvalue weighted by molar-refractivity contribution is 0.144. The van der Waals surface area contributed by atoms with Crippen LogP contribution < -0.4 is 10.1 Å². The van der Waals surface area contributed by atoms with E-state index in [0.717, 1.165) is 11.3 Å². The second-order valence-electron chi connectivity index (χ2n) is 7.28. The van der Waals surface area contributed by atoms with E-state index in [9.17, 15) is 4.79 Å². The summed E-state index contributed by atoms with van der Waals surface area (Å²) in [5.41, 5.74) is 5.88. The first-order chi connectivity index (χ1) is 15.3. The molecule has 0 unspecified atom stereocenters. The van der Waals surface area contributed by atoms with Crippen LogP contribution in [0.15, 0.2) is 91.5 Å². The summed E-state index contributed by atoms with van der Waals surface area (Å²) in [7, 11) is 0. The highest BCUT2D eigenvalue weighted by atomic mass is 16.5. The number of hydrogen-bond donors (Lipinski definition) is 1. The third-order valence-electron chi connectivity index (χ3n) is 5.27. The Hall–Kier alpha value is -3.79. The number of fused-ring (bicyclic) bond motifs is 3. The molecule has 0 aromatic heterocycles. The largest absolute Gasteiger partial charge is 0.490 e. The van der Waals surface area contributed by atoms with Crippen molar-refractivity contribution >= 4 is 12.2 Å². The molecular weight excluding hydrogens is 386 g/mol. The lowest BCUT2D eigenvalue weighted by Gasteiger charge is -2.14. The second-order valence-corrected chi connectivity index (χ2v) is 7.28. The molecule has 1 aliphatic rings. The van der Waals surface area contributed by atoms with Gasteiger partial charge in [-0.05, 0) is 39.9 Å². The van der Waals surface area contributed by atoms with E-state index in [1.807, 2.05) is 60.7 Å². The fourth-order valence-electron chi connectivity index (χ4n) is 3.82. The molecule has 0 bridgehead atoms. The fraction of sp³-hybridized carbons (Fsp3) is 0.148. The zero-order chi connectivity index (χ0) is 21.5. The molecule has 0 spiro atoms. The van der Waals surface area contributed by atoms with E-state index in [1.165, 1.54) is 22.3 Å². The number of amides is 1. The normalized spacial score (nSPS) is 12.3. The van der Waals surface area contributed by atoms with Crippen molar-refractivity contribution in [3.05, 3.63) is 108 Å². The molecule has 0 heterocycles. The lowest BCUT2D eigenvalue weighted by atomic mass is 9.98. The van der Waals surface area contributed by atoms with Crippen molar-refractivity contribution in [3.63, 3.8) is 0 Å². The van der Waals surface area contributed by atoms with Crippen LogP contribution in [0.2, 0.25) is 0 Å². The molecule has 4 nitrogen and oxygen atoms in total. The number of ether oxygens (including phenoxy) is 2. The van der Waals surface area contributed by atoms with Crippen molar-refractivity contribution in [2.24, 2.45) is 0 Å². The van der Waals surface area contributed by atoms with Crippen molar-refractivity contribution in [1.29, 1.82) is 0 Å². The van der Waals surface area contributed by atoms with Gasteiger partial charge in [-0.15, -0.1) is 0 Å². The summed E-state index contributed by atoms with van der Waals surface area (Å²) in [5.74, 6) is 0.865. The van der Waals surface area contributed by atoms with E-state index < -0.39 is 6.09 Å². The Balaban J connectivity index is 1.27. The number of hydrogen-bond acceptors (Lipinski definition) is 3. The quantitative estimate of drug-likeness (QED) is 0.476. The molecule has 0 aliphatic heterocycles. The molecule has 3 aromatic carbocycles. The highest BCUT2D eigenvalue weighted by Crippen LogP contribution is 2.44. The molecule has 1 N–H and O–H groups in total. The first kappa shape index (κ1) is 20.5. The van der Waals surface area contributed by atoms with Gasteiger partial charge in [-0.25, -0.2) is 4.79 Å². The van der Waals surface area contributed by atoms with Crippen LogP contribution in [0.3, 0.4) is 0 Å². The van der Waals surface area contributed by atoms with Gasteiger partial charge in [0, 0.05) is 12.5 Å². The van der Waals surface area contributed by atoms with E-state index in [-0.39, 0.29) is 5.92 Å². The molecule has 0 saturated carbocycles. The Morgan fingerprint density at radius 1 is 0.935 bits per heavy atom. The SMILES string of the molecule is C=CCOc1ccc(C=CCNC(=O)OCC2c3ccccc3-c3ccccc32)cc1. The van der Waals surface area contributed by atoms with Gasteiger partial charge in [-0.2, -0.15) is 0 Å². The van der Waals surface area contributed by atoms with Crippen LogP contribution >= 0.6 is 0 Å². The summed E-state index contributed by atoms with van der Waals surface area (Å²) in [4.78, 5) is 12.2. The second kappa shape index (κ2) is 9.81. The standard InChI is InChI=1S/C27H25NO3/c1-2-18-30-21-15-13-20(14-16-21)8-7-17-28-27(29)31-19-26-24-11-5-3-9-22(24)23-10-4-6-12-25(23)26/h2-16,26H,1,17-19H2,(H,28,29). The Bertz CT molecular complexity index is 1040. The van der Waals surface area contributed by atoms with E-state index in [0.29, 0.717) is 19.8 Å². The van der Waals surface area contributed by atoms with Crippen LogP contribution in [-0.4, -0.2) is 25.9 Å². The van der Waals surface area contributed by atoms with Crippen LogP contribution in [0.1, 0.15) is 22.6 Å². The monoisotopic (exact) mass is 411 g/mol. The third-order valence-corrected chi connectivity index (χ3v) is 5.27. The van der Waals surface area contributed by atoms with Gasteiger partial charge < -0.3 is 14.8 Å². The van der Waals surface area contributed by atoms with E-state index in [4.69, 9.17) is 9.47 Å². The minimum Gasteiger partial charge on any atom is -0.490 e. The molecule has 156 valence electrons. The predicted molar refractivity (Wildman–Crippen MR) is 124 cm³/mol. The minimum absolute atomic E-state index is 0.0653. The van der Waals surface area contributed by atoms with Crippen LogP contribution in [0, 0.1) is 0 Å². The lowest BCUT2D eigenvalue weighted by Crippen LogP contribution is -2.26. The van der Waals surface area contributed by atoms with Crippen molar-refractivity contribution in [3.8, 4) is 16.9 Å². The molecule has 1 aliphatic carbocycles. The van der Waals surface area contributed by atoms with Crippen LogP contribution in [0.25, 0.3) is 17.2 Å². The average Bonchev–Trinajstić information content (AvgIpc) is 3.14. The molecule has 0 fully saturated rings. The highest BCUT2D eigenvalue weighted by Gasteiger charge is 2.28. The van der Waals surface area contributed by atoms with Gasteiger partial charge >= 0.3 is 6.09 Å². The maximum absolute atomic E-state index is 12.2. The fourth-order valence-corrected chi connectivity index (χ4v) is 3.82. The van der Waals surface area contributed by atoms with E-state index >= 15 is 0 Å². The molecule has 4 rings (SSSR count). The summed E-state index contributed by atoms with van der Waals surface area (Å²) < 4.78 is 11.0. The predicted octanol–water partition coefficient (Wildman–Crippen LogP) is 5.80. The first-order valence-corrected chi connectivity index (χ1v) is 10.4. The molecule has 0 radical (unpaired) electrons. The van der Waals surface area contributed by atoms with Crippen molar-refractivity contribution in [2.45, 2.75) is 5.92 Å². The van der Waals surface area contributed by atoms with Gasteiger partial charge in [0.1, 0.15) is 19.0 Å². The van der Waals surface area contributed by atoms with Crippen molar-refractivity contribution in [1.82, 2.24) is 5.32 Å². The van der Waals surface area contributed by atoms with Crippen molar-refractivity contribution < 1.29 is 14.3 Å². The molecular formula is C27H25NO3. The molecule has 3 aromatic rings. The number of alkyl carbamates (subject to hydrolysis) is 1. The summed E-state index contributed by atoms with van der Waals surface area (Å²) in [6, 6.07) is 24.3. The van der Waals surface area contributed by atoms with Crippen LogP contribution in [0.5, 0.6) is 5.75 Å². The van der Waals surface area contributed by atoms with Crippen molar-refractivity contribution in [2.75, 3.05) is 19.8 Å². The Morgan fingerprint density at radius 3 is 2.23 bits per heavy atom. The maximum atomic E-state index is 12.2. The number of rotatable bonds is 8. The van der Waals surface area contributed by atoms with Gasteiger partial charge in [0.25, 0.3) is 0 Å². The molecule has 0 saturated heterocycles. The van der Waals surface area contributed by atoms with E-state index in [2.05, 4.69) is 36.2 Å². The number of carbonyl (C=O) groups is 1. The molecule has 0 atom stereocenters. The summed E-state index contributed by atoms with van der Waals surface area (Å²) in [6.07, 6.45) is 5.13. The third kappa shape index (κ3) is 4.86. The smallest absolute Gasteiger partial charge is 0.407 e. The molecule has 1 amide bonds. The molecule has 4 heteroatoms. The topological polar surface area (TPSA) is 47.6 Å². The van der Waals surface area contributed by atoms with Crippen LogP contribution in [-0.2, 0) is 4.74 Å². The zero-order valence-electron chi connectivity index (χ0n) is 17.3. The Morgan fingerprint density at radius 2 is 1.58 bits per heavy atom. The van der Waals surface area contributed by atoms with Crippen LogP contribution in [0.4, 0.5) is 4.79 Å².